The van der Waals surface area contributed by atoms with Gasteiger partial charge in [0.2, 0.25) is 0 Å². The molecule has 0 fully saturated rings. The van der Waals surface area contributed by atoms with Crippen molar-refractivity contribution in [1.82, 2.24) is 4.90 Å². The van der Waals surface area contributed by atoms with E-state index in [4.69, 9.17) is 17.0 Å². The third kappa shape index (κ3) is 4.79. The fourth-order valence-corrected chi connectivity index (χ4v) is 2.60. The number of halogens is 1. The van der Waals surface area contributed by atoms with E-state index < -0.39 is 5.97 Å². The number of benzene rings is 2. The van der Waals surface area contributed by atoms with Crippen LogP contribution in [-0.2, 0) is 11.3 Å². The average molecular weight is 374 g/mol. The van der Waals surface area contributed by atoms with Crippen LogP contribution in [-0.4, -0.2) is 29.6 Å². The number of aryl methyl sites for hydroxylation is 2. The lowest BCUT2D eigenvalue weighted by Gasteiger charge is -2.20. The first-order valence-corrected chi connectivity index (χ1v) is 8.78. The molecule has 0 saturated carbocycles. The predicted molar refractivity (Wildman–Crippen MR) is 106 cm³/mol. The average Bonchev–Trinajstić information content (AvgIpc) is 2.62. The van der Waals surface area contributed by atoms with Crippen LogP contribution in [0.5, 0.6) is 0 Å². The van der Waals surface area contributed by atoms with Gasteiger partial charge in [-0.15, -0.1) is 0 Å². The van der Waals surface area contributed by atoms with Gasteiger partial charge in [-0.2, -0.15) is 0 Å². The maximum atomic E-state index is 13.6. The molecule has 138 valence electrons. The molecule has 26 heavy (non-hydrogen) atoms. The van der Waals surface area contributed by atoms with Crippen LogP contribution in [0.4, 0.5) is 10.1 Å². The van der Waals surface area contributed by atoms with Crippen molar-refractivity contribution in [2.75, 3.05) is 18.9 Å². The van der Waals surface area contributed by atoms with Crippen molar-refractivity contribution in [3.05, 3.63) is 64.5 Å². The second-order valence-corrected chi connectivity index (χ2v) is 6.48. The monoisotopic (exact) mass is 374 g/mol. The lowest BCUT2D eigenvalue weighted by Crippen LogP contribution is -2.31. The molecular formula is C20H23FN2O2S. The third-order valence-corrected chi connectivity index (χ3v) is 4.58. The van der Waals surface area contributed by atoms with Crippen LogP contribution in [0, 0.1) is 19.7 Å². The first-order chi connectivity index (χ1) is 12.3. The van der Waals surface area contributed by atoms with Crippen LogP contribution >= 0.6 is 12.2 Å². The summed E-state index contributed by atoms with van der Waals surface area (Å²) in [6, 6.07) is 9.87. The normalized spacial score (nSPS) is 10.3. The highest BCUT2D eigenvalue weighted by atomic mass is 32.1. The van der Waals surface area contributed by atoms with Crippen molar-refractivity contribution in [2.45, 2.75) is 27.4 Å². The Morgan fingerprint density at radius 2 is 1.92 bits per heavy atom. The van der Waals surface area contributed by atoms with E-state index in [0.29, 0.717) is 16.2 Å². The number of nitrogens with zero attached hydrogens (tertiary/aromatic N) is 1. The smallest absolute Gasteiger partial charge is 0.338 e. The van der Waals surface area contributed by atoms with Crippen molar-refractivity contribution in [1.29, 1.82) is 0 Å². The molecule has 0 amide bonds. The van der Waals surface area contributed by atoms with Crippen LogP contribution < -0.4 is 5.32 Å². The van der Waals surface area contributed by atoms with E-state index in [1.54, 1.807) is 24.3 Å². The summed E-state index contributed by atoms with van der Waals surface area (Å²) >= 11 is 5.34. The van der Waals surface area contributed by atoms with E-state index in [-0.39, 0.29) is 12.4 Å². The summed E-state index contributed by atoms with van der Waals surface area (Å²) in [6.45, 7) is 6.43. The van der Waals surface area contributed by atoms with Gasteiger partial charge in [0.1, 0.15) is 12.4 Å². The van der Waals surface area contributed by atoms with Crippen LogP contribution in [0.1, 0.15) is 34.0 Å². The minimum absolute atomic E-state index is 0.102. The molecule has 6 heteroatoms. The molecule has 4 nitrogen and oxygen atoms in total. The number of carbonyl (C=O) groups is 1. The summed E-state index contributed by atoms with van der Waals surface area (Å²) in [7, 11) is 1.91. The van der Waals surface area contributed by atoms with Gasteiger partial charge in [-0.25, -0.2) is 9.18 Å². The number of thiocarbonyl (C=S) groups is 1. The van der Waals surface area contributed by atoms with Crippen molar-refractivity contribution < 1.29 is 13.9 Å². The number of hydrogen-bond donors (Lipinski definition) is 1. The standard InChI is InChI=1S/C20H23FN2O2S/c1-5-23(4)20(26)22-18-11-13(2)16(10-14(18)3)19(24)25-12-15-8-6-7-9-17(15)21/h6-11H,5,12H2,1-4H3,(H,22,26). The largest absolute Gasteiger partial charge is 0.457 e. The van der Waals surface area contributed by atoms with Crippen molar-refractivity contribution in [3.8, 4) is 0 Å². The fourth-order valence-electron chi connectivity index (χ4n) is 2.36. The zero-order valence-corrected chi connectivity index (χ0v) is 16.2. The topological polar surface area (TPSA) is 41.6 Å². The SMILES string of the molecule is CCN(C)C(=S)Nc1cc(C)c(C(=O)OCc2ccccc2F)cc1C. The number of ether oxygens (including phenoxy) is 1. The Hall–Kier alpha value is -2.47. The molecule has 2 aromatic carbocycles. The summed E-state index contributed by atoms with van der Waals surface area (Å²) in [5, 5.41) is 3.80. The number of anilines is 1. The third-order valence-electron chi connectivity index (χ3n) is 4.17. The summed E-state index contributed by atoms with van der Waals surface area (Å²) < 4.78 is 18.9. The molecule has 0 bridgehead atoms. The second kappa shape index (κ2) is 8.76. The molecular weight excluding hydrogens is 351 g/mol. The highest BCUT2D eigenvalue weighted by molar-refractivity contribution is 7.80. The highest BCUT2D eigenvalue weighted by Gasteiger charge is 2.15. The molecule has 0 heterocycles. The summed E-state index contributed by atoms with van der Waals surface area (Å²) in [6.07, 6.45) is 0. The number of hydrogen-bond acceptors (Lipinski definition) is 3. The molecule has 2 aromatic rings. The Bertz CT molecular complexity index is 823. The van der Waals surface area contributed by atoms with Gasteiger partial charge in [-0.05, 0) is 62.3 Å². The Balaban J connectivity index is 2.12. The Morgan fingerprint density at radius 1 is 1.23 bits per heavy atom. The zero-order valence-electron chi connectivity index (χ0n) is 15.4. The van der Waals surface area contributed by atoms with E-state index in [2.05, 4.69) is 5.32 Å². The van der Waals surface area contributed by atoms with Gasteiger partial charge in [0.25, 0.3) is 0 Å². The van der Waals surface area contributed by atoms with Gasteiger partial charge in [0, 0.05) is 24.8 Å². The molecule has 2 rings (SSSR count). The maximum absolute atomic E-state index is 13.6. The van der Waals surface area contributed by atoms with Crippen molar-refractivity contribution in [3.63, 3.8) is 0 Å². The van der Waals surface area contributed by atoms with Gasteiger partial charge < -0.3 is 15.0 Å². The summed E-state index contributed by atoms with van der Waals surface area (Å²) in [5.74, 6) is -0.866. The molecule has 0 unspecified atom stereocenters. The quantitative estimate of drug-likeness (QED) is 0.619. The van der Waals surface area contributed by atoms with Gasteiger partial charge in [-0.3, -0.25) is 0 Å². The Labute approximate surface area is 159 Å². The minimum atomic E-state index is -0.478. The molecule has 0 spiro atoms. The lowest BCUT2D eigenvalue weighted by molar-refractivity contribution is 0.0468. The first kappa shape index (κ1) is 19.8. The number of carbonyl (C=O) groups excluding carboxylic acids is 1. The van der Waals surface area contributed by atoms with Gasteiger partial charge in [0.05, 0.1) is 5.56 Å². The molecule has 1 N–H and O–H groups in total. The van der Waals surface area contributed by atoms with Crippen molar-refractivity contribution >= 4 is 29.0 Å². The number of rotatable bonds is 5. The molecule has 0 atom stereocenters. The molecule has 0 saturated heterocycles. The van der Waals surface area contributed by atoms with E-state index in [1.165, 1.54) is 6.07 Å². The molecule has 0 aliphatic heterocycles. The molecule has 0 aliphatic carbocycles. The zero-order chi connectivity index (χ0) is 19.3. The van der Waals surface area contributed by atoms with Crippen LogP contribution in [0.2, 0.25) is 0 Å². The van der Waals surface area contributed by atoms with Crippen LogP contribution in [0.3, 0.4) is 0 Å². The van der Waals surface area contributed by atoms with Crippen LogP contribution in [0.15, 0.2) is 36.4 Å². The number of nitrogens with one attached hydrogen (secondary N) is 1. The number of esters is 1. The van der Waals surface area contributed by atoms with E-state index >= 15 is 0 Å². The van der Waals surface area contributed by atoms with Gasteiger partial charge in [0.15, 0.2) is 5.11 Å². The first-order valence-electron chi connectivity index (χ1n) is 8.37. The van der Waals surface area contributed by atoms with E-state index in [1.807, 2.05) is 38.8 Å². The van der Waals surface area contributed by atoms with E-state index in [9.17, 15) is 9.18 Å². The van der Waals surface area contributed by atoms with Gasteiger partial charge >= 0.3 is 5.97 Å². The van der Waals surface area contributed by atoms with Gasteiger partial charge in [-0.1, -0.05) is 18.2 Å². The Morgan fingerprint density at radius 3 is 2.58 bits per heavy atom. The Kier molecular flexibility index (Phi) is 6.69. The minimum Gasteiger partial charge on any atom is -0.457 e. The maximum Gasteiger partial charge on any atom is 0.338 e. The molecule has 0 aromatic heterocycles. The highest BCUT2D eigenvalue weighted by Crippen LogP contribution is 2.22. The summed E-state index contributed by atoms with van der Waals surface area (Å²) in [4.78, 5) is 14.3. The molecule has 0 aliphatic rings. The summed E-state index contributed by atoms with van der Waals surface area (Å²) in [5.41, 5.74) is 3.29. The van der Waals surface area contributed by atoms with E-state index in [0.717, 1.165) is 23.4 Å². The second-order valence-electron chi connectivity index (χ2n) is 6.09. The molecule has 0 radical (unpaired) electrons. The van der Waals surface area contributed by atoms with Crippen LogP contribution in [0.25, 0.3) is 0 Å². The lowest BCUT2D eigenvalue weighted by atomic mass is 10.0. The fraction of sp³-hybridized carbons (Fsp3) is 0.300. The predicted octanol–water partition coefficient (Wildman–Crippen LogP) is 4.45. The van der Waals surface area contributed by atoms with Crippen molar-refractivity contribution in [2.24, 2.45) is 0 Å².